The van der Waals surface area contributed by atoms with E-state index in [0.717, 1.165) is 77.0 Å². The second kappa shape index (κ2) is 37.1. The third kappa shape index (κ3) is 37.8. The number of ether oxygens (including phenoxy) is 1. The van der Waals surface area contributed by atoms with Crippen molar-refractivity contribution in [2.45, 2.75) is 193 Å². The first-order valence-corrected chi connectivity index (χ1v) is 19.2. The molecule has 0 amide bonds. The van der Waals surface area contributed by atoms with Crippen molar-refractivity contribution in [1.82, 2.24) is 0 Å². The van der Waals surface area contributed by atoms with Gasteiger partial charge in [0, 0.05) is 12.8 Å². The summed E-state index contributed by atoms with van der Waals surface area (Å²) in [5, 5.41) is 8.64. The Morgan fingerprint density at radius 3 is 1.33 bits per heavy atom. The van der Waals surface area contributed by atoms with E-state index in [1.54, 1.807) is 0 Å². The summed E-state index contributed by atoms with van der Waals surface area (Å²) in [6, 6.07) is 0. The summed E-state index contributed by atoms with van der Waals surface area (Å²) in [5.41, 5.74) is 0. The number of esters is 1. The van der Waals surface area contributed by atoms with Crippen molar-refractivity contribution in [3.63, 3.8) is 0 Å². The number of unbranched alkanes of at least 4 members (excludes halogenated alkanes) is 17. The minimum absolute atomic E-state index is 0.0217. The molecule has 1 unspecified atom stereocenters. The molecule has 0 aromatic rings. The van der Waals surface area contributed by atoms with Gasteiger partial charge in [-0.15, -0.1) is 0 Å². The molecule has 46 heavy (non-hydrogen) atoms. The van der Waals surface area contributed by atoms with Crippen LogP contribution in [0.5, 0.6) is 0 Å². The third-order valence-electron chi connectivity index (χ3n) is 8.24. The highest BCUT2D eigenvalue weighted by atomic mass is 16.5. The van der Waals surface area contributed by atoms with E-state index in [-0.39, 0.29) is 12.1 Å². The molecule has 4 heteroatoms. The first-order chi connectivity index (χ1) is 22.6. The van der Waals surface area contributed by atoms with Gasteiger partial charge in [0.2, 0.25) is 0 Å². The molecule has 0 spiro atoms. The molecule has 0 saturated carbocycles. The van der Waals surface area contributed by atoms with Crippen molar-refractivity contribution in [3.8, 4) is 0 Å². The highest BCUT2D eigenvalue weighted by molar-refractivity contribution is 5.69. The predicted molar refractivity (Wildman–Crippen MR) is 199 cm³/mol. The topological polar surface area (TPSA) is 63.6 Å². The number of carbonyl (C=O) groups is 2. The van der Waals surface area contributed by atoms with E-state index in [0.29, 0.717) is 12.8 Å². The van der Waals surface area contributed by atoms with Crippen LogP contribution in [0.25, 0.3) is 0 Å². The van der Waals surface area contributed by atoms with Gasteiger partial charge in [-0.2, -0.15) is 0 Å². The first kappa shape index (κ1) is 43.6. The number of allylic oxidation sites excluding steroid dienone is 10. The van der Waals surface area contributed by atoms with Crippen LogP contribution in [-0.4, -0.2) is 23.1 Å². The van der Waals surface area contributed by atoms with Gasteiger partial charge in [0.25, 0.3) is 0 Å². The minimum Gasteiger partial charge on any atom is -0.481 e. The normalized spacial score (nSPS) is 12.9. The van der Waals surface area contributed by atoms with Crippen molar-refractivity contribution >= 4 is 11.9 Å². The van der Waals surface area contributed by atoms with E-state index in [1.165, 1.54) is 83.5 Å². The Morgan fingerprint density at radius 2 is 0.870 bits per heavy atom. The molecule has 1 atom stereocenters. The zero-order valence-corrected chi connectivity index (χ0v) is 30.1. The summed E-state index contributed by atoms with van der Waals surface area (Å²) in [5.74, 6) is -0.694. The highest BCUT2D eigenvalue weighted by Crippen LogP contribution is 2.15. The smallest absolute Gasteiger partial charge is 0.306 e. The second-order valence-corrected chi connectivity index (χ2v) is 12.8. The fraction of sp³-hybridized carbons (Fsp3) is 0.714. The molecule has 0 aromatic heterocycles. The lowest BCUT2D eigenvalue weighted by Crippen LogP contribution is -2.14. The van der Waals surface area contributed by atoms with Gasteiger partial charge in [-0.05, 0) is 77.6 Å². The van der Waals surface area contributed by atoms with Gasteiger partial charge in [0.15, 0.2) is 0 Å². The maximum atomic E-state index is 12.2. The van der Waals surface area contributed by atoms with Crippen LogP contribution in [-0.2, 0) is 14.3 Å². The number of hydrogen-bond acceptors (Lipinski definition) is 3. The van der Waals surface area contributed by atoms with Gasteiger partial charge in [-0.1, -0.05) is 158 Å². The maximum absolute atomic E-state index is 12.2. The van der Waals surface area contributed by atoms with E-state index in [4.69, 9.17) is 9.84 Å². The summed E-state index contributed by atoms with van der Waals surface area (Å²) in [6.07, 6.45) is 52.2. The Labute approximate surface area is 284 Å². The summed E-state index contributed by atoms with van der Waals surface area (Å²) < 4.78 is 5.63. The molecule has 0 rings (SSSR count). The molecule has 0 aliphatic heterocycles. The Kier molecular flexibility index (Phi) is 35.2. The molecule has 0 bridgehead atoms. The molecule has 0 aromatic carbocycles. The molecular formula is C42H72O4. The lowest BCUT2D eigenvalue weighted by atomic mass is 10.0. The van der Waals surface area contributed by atoms with Crippen molar-refractivity contribution in [2.24, 2.45) is 0 Å². The Balaban J connectivity index is 3.42. The SMILES string of the molecule is CC/C=C\C/C=C\C/C=C\C/C=C\C/C=C\CCCCCCCC(=O)OC(C)CCCCCCCCCCCCCCCC(=O)O. The Hall–Kier alpha value is -2.36. The zero-order chi connectivity index (χ0) is 33.6. The van der Waals surface area contributed by atoms with E-state index in [9.17, 15) is 9.59 Å². The van der Waals surface area contributed by atoms with Crippen LogP contribution >= 0.6 is 0 Å². The van der Waals surface area contributed by atoms with Crippen molar-refractivity contribution < 1.29 is 19.4 Å². The molecular weight excluding hydrogens is 568 g/mol. The van der Waals surface area contributed by atoms with Crippen LogP contribution in [0, 0.1) is 0 Å². The first-order valence-electron chi connectivity index (χ1n) is 19.2. The maximum Gasteiger partial charge on any atom is 0.306 e. The third-order valence-corrected chi connectivity index (χ3v) is 8.24. The predicted octanol–water partition coefficient (Wildman–Crippen LogP) is 13.3. The van der Waals surface area contributed by atoms with Gasteiger partial charge in [-0.3, -0.25) is 9.59 Å². The number of carboxylic acid groups (broad SMARTS) is 1. The van der Waals surface area contributed by atoms with Crippen molar-refractivity contribution in [1.29, 1.82) is 0 Å². The number of carboxylic acids is 1. The van der Waals surface area contributed by atoms with Crippen LogP contribution in [0.1, 0.15) is 187 Å². The molecule has 264 valence electrons. The minimum atomic E-state index is -0.672. The lowest BCUT2D eigenvalue weighted by molar-refractivity contribution is -0.148. The van der Waals surface area contributed by atoms with Crippen molar-refractivity contribution in [2.75, 3.05) is 0 Å². The largest absolute Gasteiger partial charge is 0.481 e. The molecule has 0 aliphatic rings. The summed E-state index contributed by atoms with van der Waals surface area (Å²) in [7, 11) is 0. The van der Waals surface area contributed by atoms with Gasteiger partial charge >= 0.3 is 11.9 Å². The molecule has 4 nitrogen and oxygen atoms in total. The zero-order valence-electron chi connectivity index (χ0n) is 30.1. The second-order valence-electron chi connectivity index (χ2n) is 12.8. The van der Waals surface area contributed by atoms with E-state index >= 15 is 0 Å². The Morgan fingerprint density at radius 1 is 0.500 bits per heavy atom. The fourth-order valence-electron chi connectivity index (χ4n) is 5.43. The monoisotopic (exact) mass is 641 g/mol. The average Bonchev–Trinajstić information content (AvgIpc) is 3.03. The van der Waals surface area contributed by atoms with Crippen LogP contribution in [0.15, 0.2) is 60.8 Å². The van der Waals surface area contributed by atoms with Crippen LogP contribution in [0.2, 0.25) is 0 Å². The highest BCUT2D eigenvalue weighted by Gasteiger charge is 2.09. The molecule has 0 heterocycles. The summed E-state index contributed by atoms with van der Waals surface area (Å²) in [6.45, 7) is 4.20. The van der Waals surface area contributed by atoms with Gasteiger partial charge in [0.05, 0.1) is 6.10 Å². The van der Waals surface area contributed by atoms with Crippen molar-refractivity contribution in [3.05, 3.63) is 60.8 Å². The van der Waals surface area contributed by atoms with E-state index < -0.39 is 5.97 Å². The van der Waals surface area contributed by atoms with Gasteiger partial charge in [0.1, 0.15) is 0 Å². The standard InChI is InChI=1S/C42H72O4/c1-3-4-5-6-7-8-9-10-11-12-13-14-15-16-17-21-24-27-30-33-36-39-42(45)46-40(2)37-34-31-28-25-22-19-18-20-23-26-29-32-35-38-41(43)44/h4-5,7-8,10-11,13-14,16-17,40H,3,6,9,12,15,18-39H2,1-2H3,(H,43,44)/b5-4-,8-7-,11-10-,14-13-,17-16-. The van der Waals surface area contributed by atoms with Crippen LogP contribution in [0.3, 0.4) is 0 Å². The number of aliphatic carboxylic acids is 1. The molecule has 0 radical (unpaired) electrons. The molecule has 0 aliphatic carbocycles. The molecule has 1 N–H and O–H groups in total. The van der Waals surface area contributed by atoms with E-state index in [1.807, 2.05) is 6.92 Å². The van der Waals surface area contributed by atoms with Gasteiger partial charge < -0.3 is 9.84 Å². The summed E-state index contributed by atoms with van der Waals surface area (Å²) >= 11 is 0. The summed E-state index contributed by atoms with van der Waals surface area (Å²) in [4.78, 5) is 22.7. The lowest BCUT2D eigenvalue weighted by Gasteiger charge is -2.13. The number of hydrogen-bond donors (Lipinski definition) is 1. The average molecular weight is 641 g/mol. The van der Waals surface area contributed by atoms with Gasteiger partial charge in [-0.25, -0.2) is 0 Å². The van der Waals surface area contributed by atoms with Crippen LogP contribution < -0.4 is 0 Å². The van der Waals surface area contributed by atoms with E-state index in [2.05, 4.69) is 67.7 Å². The Bertz CT molecular complexity index is 820. The number of rotatable bonds is 34. The van der Waals surface area contributed by atoms with Crippen LogP contribution in [0.4, 0.5) is 0 Å². The fourth-order valence-corrected chi connectivity index (χ4v) is 5.43. The quantitative estimate of drug-likeness (QED) is 0.0432. The molecule has 0 fully saturated rings. The molecule has 0 saturated heterocycles. The number of carbonyl (C=O) groups excluding carboxylic acids is 1.